The quantitative estimate of drug-likeness (QED) is 0.464. The SMILES string of the molecule is Cc1cc(NC(=O)CNc2ncc([N+](=O)[O-])c(NC3CC3)n2)ccc1Br. The number of halogens is 1. The number of rotatable bonds is 7. The van der Waals surface area contributed by atoms with Gasteiger partial charge in [-0.3, -0.25) is 14.9 Å². The van der Waals surface area contributed by atoms with Gasteiger partial charge in [-0.1, -0.05) is 15.9 Å². The van der Waals surface area contributed by atoms with Crippen molar-refractivity contribution in [1.29, 1.82) is 0 Å². The number of nitrogens with one attached hydrogen (secondary N) is 3. The monoisotopic (exact) mass is 420 g/mol. The van der Waals surface area contributed by atoms with Crippen LogP contribution in [0.5, 0.6) is 0 Å². The molecular formula is C16H17BrN6O3. The first-order valence-corrected chi connectivity index (χ1v) is 8.79. The topological polar surface area (TPSA) is 122 Å². The summed E-state index contributed by atoms with van der Waals surface area (Å²) in [5.41, 5.74) is 1.50. The molecule has 9 nitrogen and oxygen atoms in total. The van der Waals surface area contributed by atoms with Crippen LogP contribution in [0.3, 0.4) is 0 Å². The molecule has 10 heteroatoms. The van der Waals surface area contributed by atoms with Gasteiger partial charge in [0.1, 0.15) is 6.20 Å². The number of aromatic nitrogens is 2. The molecule has 1 aliphatic rings. The van der Waals surface area contributed by atoms with Gasteiger partial charge in [-0.15, -0.1) is 0 Å². The maximum absolute atomic E-state index is 12.1. The Morgan fingerprint density at radius 1 is 1.42 bits per heavy atom. The number of aryl methyl sites for hydroxylation is 1. The number of nitro groups is 1. The molecule has 1 heterocycles. The zero-order valence-electron chi connectivity index (χ0n) is 14.0. The normalized spacial score (nSPS) is 13.2. The molecule has 3 rings (SSSR count). The van der Waals surface area contributed by atoms with Gasteiger partial charge in [-0.2, -0.15) is 4.98 Å². The van der Waals surface area contributed by atoms with E-state index in [-0.39, 0.29) is 35.9 Å². The van der Waals surface area contributed by atoms with E-state index in [2.05, 4.69) is 41.8 Å². The number of carbonyl (C=O) groups is 1. The first kappa shape index (κ1) is 18.1. The van der Waals surface area contributed by atoms with Gasteiger partial charge in [0, 0.05) is 16.2 Å². The zero-order valence-corrected chi connectivity index (χ0v) is 15.5. The van der Waals surface area contributed by atoms with Crippen molar-refractivity contribution in [3.05, 3.63) is 44.5 Å². The lowest BCUT2D eigenvalue weighted by molar-refractivity contribution is -0.384. The summed E-state index contributed by atoms with van der Waals surface area (Å²) in [6.07, 6.45) is 3.05. The second-order valence-corrected chi connectivity index (χ2v) is 6.82. The van der Waals surface area contributed by atoms with E-state index in [1.807, 2.05) is 19.1 Å². The largest absolute Gasteiger partial charge is 0.361 e. The van der Waals surface area contributed by atoms with E-state index >= 15 is 0 Å². The van der Waals surface area contributed by atoms with Gasteiger partial charge in [0.2, 0.25) is 17.7 Å². The van der Waals surface area contributed by atoms with Crippen LogP contribution in [0.15, 0.2) is 28.9 Å². The minimum absolute atomic E-state index is 0.0597. The Hall–Kier alpha value is -2.75. The molecule has 0 radical (unpaired) electrons. The van der Waals surface area contributed by atoms with Crippen molar-refractivity contribution in [2.24, 2.45) is 0 Å². The van der Waals surface area contributed by atoms with Crippen LogP contribution in [0.2, 0.25) is 0 Å². The summed E-state index contributed by atoms with van der Waals surface area (Å²) in [5.74, 6) is 0.0465. The van der Waals surface area contributed by atoms with Gasteiger partial charge < -0.3 is 16.0 Å². The third-order valence-electron chi connectivity index (χ3n) is 3.73. The fraction of sp³-hybridized carbons (Fsp3) is 0.312. The Kier molecular flexibility index (Phi) is 5.31. The molecule has 3 N–H and O–H groups in total. The van der Waals surface area contributed by atoms with Crippen molar-refractivity contribution >= 4 is 45.0 Å². The lowest BCUT2D eigenvalue weighted by atomic mass is 10.2. The highest BCUT2D eigenvalue weighted by Gasteiger charge is 2.26. The third kappa shape index (κ3) is 4.66. The lowest BCUT2D eigenvalue weighted by Gasteiger charge is -2.09. The molecule has 0 atom stereocenters. The number of nitrogens with zero attached hydrogens (tertiary/aromatic N) is 3. The van der Waals surface area contributed by atoms with Crippen LogP contribution in [0.1, 0.15) is 18.4 Å². The van der Waals surface area contributed by atoms with Crippen LogP contribution in [0.25, 0.3) is 0 Å². The molecule has 1 fully saturated rings. The Labute approximate surface area is 157 Å². The molecule has 0 aliphatic heterocycles. The second kappa shape index (κ2) is 7.65. The van der Waals surface area contributed by atoms with Crippen molar-refractivity contribution in [2.45, 2.75) is 25.8 Å². The summed E-state index contributed by atoms with van der Waals surface area (Å²) in [6.45, 7) is 1.87. The molecule has 1 aliphatic carbocycles. The molecule has 0 unspecified atom stereocenters. The maximum Gasteiger partial charge on any atom is 0.329 e. The number of hydrogen-bond acceptors (Lipinski definition) is 7. The van der Waals surface area contributed by atoms with E-state index in [4.69, 9.17) is 0 Å². The average molecular weight is 421 g/mol. The molecule has 0 bridgehead atoms. The Morgan fingerprint density at radius 2 is 2.19 bits per heavy atom. The molecule has 0 spiro atoms. The minimum atomic E-state index is -0.531. The van der Waals surface area contributed by atoms with Gasteiger partial charge in [0.15, 0.2) is 0 Å². The summed E-state index contributed by atoms with van der Waals surface area (Å²) in [5, 5.41) is 19.6. The van der Waals surface area contributed by atoms with E-state index in [0.29, 0.717) is 5.69 Å². The molecular weight excluding hydrogens is 404 g/mol. The minimum Gasteiger partial charge on any atom is -0.361 e. The summed E-state index contributed by atoms with van der Waals surface area (Å²) >= 11 is 3.41. The highest BCUT2D eigenvalue weighted by atomic mass is 79.9. The van der Waals surface area contributed by atoms with E-state index in [1.54, 1.807) is 6.07 Å². The van der Waals surface area contributed by atoms with Crippen molar-refractivity contribution in [2.75, 3.05) is 22.5 Å². The molecule has 1 aromatic heterocycles. The van der Waals surface area contributed by atoms with Crippen molar-refractivity contribution in [1.82, 2.24) is 9.97 Å². The van der Waals surface area contributed by atoms with Crippen LogP contribution in [0.4, 0.5) is 23.1 Å². The van der Waals surface area contributed by atoms with Gasteiger partial charge in [-0.25, -0.2) is 4.98 Å². The standard InChI is InChI=1S/C16H17BrN6O3/c1-9-6-11(4-5-12(9)17)20-14(24)8-19-16-18-7-13(23(25)26)15(22-16)21-10-2-3-10/h4-7,10H,2-3,8H2,1H3,(H,20,24)(H2,18,19,21,22). The Bertz CT molecular complexity index is 856. The highest BCUT2D eigenvalue weighted by molar-refractivity contribution is 9.10. The maximum atomic E-state index is 12.1. The predicted octanol–water partition coefficient (Wildman–Crippen LogP) is 3.08. The predicted molar refractivity (Wildman–Crippen MR) is 101 cm³/mol. The smallest absolute Gasteiger partial charge is 0.329 e. The first-order valence-electron chi connectivity index (χ1n) is 8.00. The van der Waals surface area contributed by atoms with E-state index < -0.39 is 4.92 Å². The van der Waals surface area contributed by atoms with Crippen LogP contribution in [0, 0.1) is 17.0 Å². The van der Waals surface area contributed by atoms with E-state index in [1.165, 1.54) is 0 Å². The van der Waals surface area contributed by atoms with Crippen LogP contribution in [-0.2, 0) is 4.79 Å². The summed E-state index contributed by atoms with van der Waals surface area (Å²) < 4.78 is 0.962. The molecule has 2 aromatic rings. The number of benzene rings is 1. The van der Waals surface area contributed by atoms with Crippen molar-refractivity contribution in [3.8, 4) is 0 Å². The molecule has 1 aromatic carbocycles. The summed E-state index contributed by atoms with van der Waals surface area (Å²) in [7, 11) is 0. The van der Waals surface area contributed by atoms with Crippen LogP contribution < -0.4 is 16.0 Å². The molecule has 1 amide bonds. The Balaban J connectivity index is 1.62. The Morgan fingerprint density at radius 3 is 2.85 bits per heavy atom. The number of amides is 1. The van der Waals surface area contributed by atoms with Crippen LogP contribution in [-0.4, -0.2) is 33.4 Å². The second-order valence-electron chi connectivity index (χ2n) is 5.97. The fourth-order valence-corrected chi connectivity index (χ4v) is 2.46. The van der Waals surface area contributed by atoms with Gasteiger partial charge in [0.25, 0.3) is 0 Å². The number of hydrogen-bond donors (Lipinski definition) is 3. The van der Waals surface area contributed by atoms with Gasteiger partial charge >= 0.3 is 5.69 Å². The van der Waals surface area contributed by atoms with E-state index in [9.17, 15) is 14.9 Å². The van der Waals surface area contributed by atoms with Crippen LogP contribution >= 0.6 is 15.9 Å². The molecule has 136 valence electrons. The summed E-state index contributed by atoms with van der Waals surface area (Å²) in [4.78, 5) is 30.6. The fourth-order valence-electron chi connectivity index (χ4n) is 2.21. The summed E-state index contributed by atoms with van der Waals surface area (Å²) in [6, 6.07) is 5.70. The average Bonchev–Trinajstić information content (AvgIpc) is 3.40. The molecule has 26 heavy (non-hydrogen) atoms. The van der Waals surface area contributed by atoms with Crippen molar-refractivity contribution in [3.63, 3.8) is 0 Å². The number of anilines is 3. The number of carbonyl (C=O) groups excluding carboxylic acids is 1. The lowest BCUT2D eigenvalue weighted by Crippen LogP contribution is -2.23. The van der Waals surface area contributed by atoms with Gasteiger partial charge in [-0.05, 0) is 43.5 Å². The third-order valence-corrected chi connectivity index (χ3v) is 4.62. The van der Waals surface area contributed by atoms with Gasteiger partial charge in [0.05, 0.1) is 11.5 Å². The first-order chi connectivity index (χ1) is 12.4. The van der Waals surface area contributed by atoms with Crippen molar-refractivity contribution < 1.29 is 9.72 Å². The molecule has 1 saturated carbocycles. The highest BCUT2D eigenvalue weighted by Crippen LogP contribution is 2.29. The zero-order chi connectivity index (χ0) is 18.7. The van der Waals surface area contributed by atoms with E-state index in [0.717, 1.165) is 29.1 Å². The molecule has 0 saturated heterocycles.